The SMILES string of the molecule is COc1cc2c3cc1Oc1c(OC)c(CO)cc4c1[C@H](Cc1ccc(cc1)Oc1cc(cc5[nH]c(=O)oc15)C[C@H]3N(C)CC2)N(C)CC4. The van der Waals surface area contributed by atoms with E-state index >= 15 is 0 Å². The highest BCUT2D eigenvalue weighted by atomic mass is 16.5. The van der Waals surface area contributed by atoms with Crippen molar-refractivity contribution in [1.29, 1.82) is 0 Å². The number of benzene rings is 4. The van der Waals surface area contributed by atoms with Crippen molar-refractivity contribution < 1.29 is 28.5 Å². The van der Waals surface area contributed by atoms with Crippen LogP contribution in [-0.2, 0) is 32.3 Å². The third-order valence-corrected chi connectivity index (χ3v) is 10.2. The van der Waals surface area contributed by atoms with Crippen LogP contribution >= 0.6 is 0 Å². The minimum absolute atomic E-state index is 0.00237. The summed E-state index contributed by atoms with van der Waals surface area (Å²) in [5.41, 5.74) is 8.31. The Kier molecular flexibility index (Phi) is 7.66. The number of ether oxygens (including phenoxy) is 4. The summed E-state index contributed by atoms with van der Waals surface area (Å²) in [7, 11) is 7.56. The molecule has 0 saturated heterocycles. The van der Waals surface area contributed by atoms with Crippen LogP contribution < -0.4 is 24.7 Å². The molecule has 2 N–H and O–H groups in total. The van der Waals surface area contributed by atoms with E-state index in [1.807, 2.05) is 24.3 Å². The molecule has 0 fully saturated rings. The molecule has 5 aromatic rings. The van der Waals surface area contributed by atoms with Gasteiger partial charge in [-0.15, -0.1) is 0 Å². The van der Waals surface area contributed by atoms with Crippen LogP contribution in [0, 0.1) is 0 Å². The topological polar surface area (TPSA) is 110 Å². The number of oxazole rings is 1. The molecule has 9 rings (SSSR count). The van der Waals surface area contributed by atoms with Gasteiger partial charge in [0, 0.05) is 36.3 Å². The minimum atomic E-state index is -0.523. The van der Waals surface area contributed by atoms with E-state index in [9.17, 15) is 9.90 Å². The first-order chi connectivity index (χ1) is 23.3. The van der Waals surface area contributed by atoms with Crippen LogP contribution in [0.1, 0.15) is 51.0 Å². The fraction of sp³-hybridized carbons (Fsp3) is 0.342. The summed E-state index contributed by atoms with van der Waals surface area (Å²) in [6.45, 7) is 1.56. The number of methoxy groups -OCH3 is 2. The van der Waals surface area contributed by atoms with Crippen LogP contribution in [0.25, 0.3) is 11.1 Å². The summed E-state index contributed by atoms with van der Waals surface area (Å²) in [5.74, 6) is 2.97. The van der Waals surface area contributed by atoms with Gasteiger partial charge in [-0.2, -0.15) is 0 Å². The number of aromatic amines is 1. The molecule has 4 aliphatic heterocycles. The van der Waals surface area contributed by atoms with Gasteiger partial charge in [0.05, 0.1) is 26.3 Å². The number of hydrogen-bond acceptors (Lipinski definition) is 9. The van der Waals surface area contributed by atoms with Gasteiger partial charge in [0.25, 0.3) is 0 Å². The Labute approximate surface area is 278 Å². The molecule has 0 amide bonds. The van der Waals surface area contributed by atoms with Crippen LogP contribution in [-0.4, -0.2) is 61.3 Å². The lowest BCUT2D eigenvalue weighted by molar-refractivity contribution is 0.219. The van der Waals surface area contributed by atoms with E-state index in [1.165, 1.54) is 5.56 Å². The Morgan fingerprint density at radius 3 is 2.35 bits per heavy atom. The van der Waals surface area contributed by atoms with Gasteiger partial charge in [0.1, 0.15) is 5.75 Å². The zero-order chi connectivity index (χ0) is 33.1. The molecule has 1 aromatic heterocycles. The van der Waals surface area contributed by atoms with Crippen LogP contribution in [0.2, 0.25) is 0 Å². The Morgan fingerprint density at radius 2 is 1.60 bits per heavy atom. The number of fused-ring (bicyclic) bond motifs is 3. The Bertz CT molecular complexity index is 2080. The van der Waals surface area contributed by atoms with E-state index in [0.717, 1.165) is 53.7 Å². The molecule has 0 unspecified atom stereocenters. The molecule has 4 aromatic carbocycles. The number of H-pyrrole nitrogens is 1. The molecular weight excluding hydrogens is 610 g/mol. The van der Waals surface area contributed by atoms with Gasteiger partial charge in [-0.1, -0.05) is 12.1 Å². The molecule has 0 radical (unpaired) electrons. The molecule has 10 nitrogen and oxygen atoms in total. The number of aliphatic hydroxyl groups excluding tert-OH is 1. The summed E-state index contributed by atoms with van der Waals surface area (Å²) < 4.78 is 30.9. The van der Waals surface area contributed by atoms with Crippen molar-refractivity contribution in [1.82, 2.24) is 14.8 Å². The molecule has 10 heteroatoms. The summed E-state index contributed by atoms with van der Waals surface area (Å²) in [5, 5.41) is 10.4. The van der Waals surface area contributed by atoms with Crippen LogP contribution in [0.4, 0.5) is 0 Å². The molecule has 6 bridgehead atoms. The van der Waals surface area contributed by atoms with Gasteiger partial charge >= 0.3 is 5.76 Å². The maximum absolute atomic E-state index is 12.3. The number of rotatable bonds is 3. The molecule has 2 atom stereocenters. The van der Waals surface area contributed by atoms with Crippen molar-refractivity contribution in [2.45, 2.75) is 44.4 Å². The Morgan fingerprint density at radius 1 is 0.854 bits per heavy atom. The number of aliphatic hydroxyl groups is 1. The highest BCUT2D eigenvalue weighted by Gasteiger charge is 2.34. The van der Waals surface area contributed by atoms with Gasteiger partial charge in [0.2, 0.25) is 0 Å². The number of nitrogens with zero attached hydrogens (tertiary/aromatic N) is 2. The van der Waals surface area contributed by atoms with Gasteiger partial charge in [0.15, 0.2) is 34.3 Å². The smallest absolute Gasteiger partial charge is 0.417 e. The highest BCUT2D eigenvalue weighted by Crippen LogP contribution is 2.50. The molecule has 0 saturated carbocycles. The van der Waals surface area contributed by atoms with Crippen LogP contribution in [0.5, 0.6) is 34.5 Å². The summed E-state index contributed by atoms with van der Waals surface area (Å²) in [6, 6.07) is 18.2. The van der Waals surface area contributed by atoms with E-state index in [1.54, 1.807) is 14.2 Å². The van der Waals surface area contributed by atoms with Crippen molar-refractivity contribution in [3.8, 4) is 34.5 Å². The predicted octanol–water partition coefficient (Wildman–Crippen LogP) is 6.07. The molecular formula is C38H39N3O7. The van der Waals surface area contributed by atoms with Gasteiger partial charge < -0.3 is 28.5 Å². The lowest BCUT2D eigenvalue weighted by Gasteiger charge is -2.37. The maximum Gasteiger partial charge on any atom is 0.417 e. The lowest BCUT2D eigenvalue weighted by Crippen LogP contribution is -2.34. The van der Waals surface area contributed by atoms with Crippen molar-refractivity contribution in [3.05, 3.63) is 104 Å². The summed E-state index contributed by atoms with van der Waals surface area (Å²) in [6.07, 6.45) is 3.04. The number of hydrogen-bond donors (Lipinski definition) is 2. The van der Waals surface area contributed by atoms with E-state index in [-0.39, 0.29) is 18.7 Å². The molecule has 4 aliphatic rings. The van der Waals surface area contributed by atoms with E-state index in [4.69, 9.17) is 23.4 Å². The van der Waals surface area contributed by atoms with Crippen LogP contribution in [0.3, 0.4) is 0 Å². The van der Waals surface area contributed by atoms with Crippen molar-refractivity contribution in [2.75, 3.05) is 41.4 Å². The molecule has 0 aliphatic carbocycles. The largest absolute Gasteiger partial charge is 0.493 e. The number of nitrogens with one attached hydrogen (secondary N) is 1. The first-order valence-corrected chi connectivity index (χ1v) is 16.4. The number of likely N-dealkylation sites (N-methyl/N-ethyl adjacent to an activating group) is 2. The second-order valence-corrected chi connectivity index (χ2v) is 13.1. The van der Waals surface area contributed by atoms with Gasteiger partial charge in [-0.05, 0) is 110 Å². The molecule has 5 heterocycles. The second kappa shape index (κ2) is 12.0. The normalized spacial score (nSPS) is 19.2. The third-order valence-electron chi connectivity index (χ3n) is 10.2. The summed E-state index contributed by atoms with van der Waals surface area (Å²) >= 11 is 0. The summed E-state index contributed by atoms with van der Waals surface area (Å²) in [4.78, 5) is 19.8. The molecule has 248 valence electrons. The Hall–Kier alpha value is -4.77. The fourth-order valence-corrected chi connectivity index (χ4v) is 7.71. The van der Waals surface area contributed by atoms with Gasteiger partial charge in [-0.25, -0.2) is 4.79 Å². The monoisotopic (exact) mass is 649 g/mol. The zero-order valence-corrected chi connectivity index (χ0v) is 27.6. The minimum Gasteiger partial charge on any atom is -0.493 e. The second-order valence-electron chi connectivity index (χ2n) is 13.1. The first-order valence-electron chi connectivity index (χ1n) is 16.4. The van der Waals surface area contributed by atoms with E-state index in [2.05, 4.69) is 59.2 Å². The number of aromatic nitrogens is 1. The maximum atomic E-state index is 12.3. The fourth-order valence-electron chi connectivity index (χ4n) is 7.71. The standard InChI is InChI=1S/C38H39N3O7/c1-40-11-9-23-18-31(44-3)32-19-27(23)29(40)15-22-13-28-36(48-38(43)39-28)33(16-22)46-26-7-5-21(6-8-26)14-30-34-24(10-12-41(30)2)17-25(20-42)35(45-4)37(34)47-32/h5-8,13,16-19,29-30,42H,9-12,14-15,20H2,1-4H3,(H,39,43)/t29-,30+/m1/s1. The lowest BCUT2D eigenvalue weighted by atomic mass is 9.86. The highest BCUT2D eigenvalue weighted by molar-refractivity contribution is 5.80. The first kappa shape index (κ1) is 30.6. The van der Waals surface area contributed by atoms with Crippen molar-refractivity contribution >= 4 is 11.1 Å². The van der Waals surface area contributed by atoms with Crippen LogP contribution in [0.15, 0.2) is 63.8 Å². The zero-order valence-electron chi connectivity index (χ0n) is 27.6. The van der Waals surface area contributed by atoms with E-state index in [0.29, 0.717) is 64.0 Å². The van der Waals surface area contributed by atoms with E-state index < -0.39 is 5.76 Å². The Balaban J connectivity index is 1.37. The quantitative estimate of drug-likeness (QED) is 0.241. The van der Waals surface area contributed by atoms with Crippen molar-refractivity contribution in [2.24, 2.45) is 0 Å². The average Bonchev–Trinajstić information content (AvgIpc) is 3.47. The molecule has 48 heavy (non-hydrogen) atoms. The average molecular weight is 650 g/mol. The molecule has 0 spiro atoms. The van der Waals surface area contributed by atoms with Gasteiger partial charge in [-0.3, -0.25) is 14.8 Å². The third kappa shape index (κ3) is 5.20. The predicted molar refractivity (Wildman–Crippen MR) is 181 cm³/mol. The van der Waals surface area contributed by atoms with Crippen molar-refractivity contribution in [3.63, 3.8) is 0 Å².